The van der Waals surface area contributed by atoms with Crippen LogP contribution in [0.25, 0.3) is 0 Å². The van der Waals surface area contributed by atoms with Crippen LogP contribution in [0.1, 0.15) is 10.4 Å². The van der Waals surface area contributed by atoms with Gasteiger partial charge in [0.1, 0.15) is 11.4 Å². The standard InChI is InChI=1S/C8H7NO3/c1-12-7-2-3-8(9-11)6(4-7)5-10/h2-5H,1H3. The average Bonchev–Trinajstić information content (AvgIpc) is 2.16. The van der Waals surface area contributed by atoms with E-state index < -0.39 is 0 Å². The van der Waals surface area contributed by atoms with Gasteiger partial charge >= 0.3 is 0 Å². The number of benzene rings is 1. The lowest BCUT2D eigenvalue weighted by atomic mass is 10.2. The van der Waals surface area contributed by atoms with Gasteiger partial charge in [0.2, 0.25) is 0 Å². The zero-order valence-corrected chi connectivity index (χ0v) is 6.48. The lowest BCUT2D eigenvalue weighted by Gasteiger charge is -2.00. The topological polar surface area (TPSA) is 55.7 Å². The molecule has 0 unspecified atom stereocenters. The summed E-state index contributed by atoms with van der Waals surface area (Å²) < 4.78 is 4.85. The summed E-state index contributed by atoms with van der Waals surface area (Å²) >= 11 is 0. The Morgan fingerprint density at radius 2 is 2.25 bits per heavy atom. The fraction of sp³-hybridized carbons (Fsp3) is 0.125. The molecular weight excluding hydrogens is 158 g/mol. The lowest BCUT2D eigenvalue weighted by Crippen LogP contribution is -1.85. The number of carbonyl (C=O) groups is 1. The number of ether oxygens (including phenoxy) is 1. The van der Waals surface area contributed by atoms with E-state index in [4.69, 9.17) is 4.74 Å². The van der Waals surface area contributed by atoms with Crippen molar-refractivity contribution in [3.8, 4) is 5.75 Å². The maximum absolute atomic E-state index is 10.4. The second-order valence-corrected chi connectivity index (χ2v) is 2.13. The van der Waals surface area contributed by atoms with E-state index in [1.807, 2.05) is 0 Å². The van der Waals surface area contributed by atoms with E-state index in [2.05, 4.69) is 5.18 Å². The molecule has 0 aromatic heterocycles. The van der Waals surface area contributed by atoms with Crippen LogP contribution in [0.3, 0.4) is 0 Å². The molecule has 0 N–H and O–H groups in total. The summed E-state index contributed by atoms with van der Waals surface area (Å²) in [5.41, 5.74) is 0.371. The lowest BCUT2D eigenvalue weighted by molar-refractivity contribution is 0.112. The van der Waals surface area contributed by atoms with E-state index in [1.165, 1.54) is 19.2 Å². The number of hydrogen-bond acceptors (Lipinski definition) is 4. The predicted molar refractivity (Wildman–Crippen MR) is 43.8 cm³/mol. The van der Waals surface area contributed by atoms with Gasteiger partial charge in [-0.25, -0.2) is 0 Å². The van der Waals surface area contributed by atoms with Gasteiger partial charge in [0.15, 0.2) is 6.29 Å². The highest BCUT2D eigenvalue weighted by molar-refractivity contribution is 5.83. The van der Waals surface area contributed by atoms with Crippen molar-refractivity contribution in [2.24, 2.45) is 5.18 Å². The number of hydrogen-bond donors (Lipinski definition) is 0. The minimum atomic E-state index is 0.130. The van der Waals surface area contributed by atoms with E-state index >= 15 is 0 Å². The maximum Gasteiger partial charge on any atom is 0.152 e. The van der Waals surface area contributed by atoms with E-state index in [0.717, 1.165) is 0 Å². The first-order valence-electron chi connectivity index (χ1n) is 3.28. The summed E-state index contributed by atoms with van der Waals surface area (Å²) in [4.78, 5) is 20.5. The van der Waals surface area contributed by atoms with Crippen LogP contribution >= 0.6 is 0 Å². The van der Waals surface area contributed by atoms with Crippen molar-refractivity contribution in [2.75, 3.05) is 7.11 Å². The predicted octanol–water partition coefficient (Wildman–Crippen LogP) is 1.91. The van der Waals surface area contributed by atoms with Gasteiger partial charge in [0, 0.05) is 5.56 Å². The van der Waals surface area contributed by atoms with E-state index in [9.17, 15) is 9.70 Å². The molecule has 0 saturated heterocycles. The summed E-state index contributed by atoms with van der Waals surface area (Å²) in [7, 11) is 1.48. The van der Waals surface area contributed by atoms with Gasteiger partial charge in [-0.3, -0.25) is 4.79 Å². The molecule has 0 amide bonds. The maximum atomic E-state index is 10.4. The molecule has 0 aliphatic heterocycles. The normalized spacial score (nSPS) is 9.08. The summed E-state index contributed by atoms with van der Waals surface area (Å²) in [6.45, 7) is 0. The third-order valence-corrected chi connectivity index (χ3v) is 1.46. The summed E-state index contributed by atoms with van der Waals surface area (Å²) in [6.07, 6.45) is 0.569. The van der Waals surface area contributed by atoms with Crippen molar-refractivity contribution in [1.29, 1.82) is 0 Å². The first kappa shape index (κ1) is 8.39. The van der Waals surface area contributed by atoms with Crippen molar-refractivity contribution in [1.82, 2.24) is 0 Å². The molecule has 0 aliphatic rings. The number of carbonyl (C=O) groups excluding carboxylic acids is 1. The highest BCUT2D eigenvalue weighted by Crippen LogP contribution is 2.22. The molecule has 0 radical (unpaired) electrons. The number of aldehydes is 1. The van der Waals surface area contributed by atoms with Crippen molar-refractivity contribution in [2.45, 2.75) is 0 Å². The zero-order valence-electron chi connectivity index (χ0n) is 6.48. The third-order valence-electron chi connectivity index (χ3n) is 1.46. The summed E-state index contributed by atoms with van der Waals surface area (Å²) in [5.74, 6) is 0.532. The minimum absolute atomic E-state index is 0.130. The fourth-order valence-electron chi connectivity index (χ4n) is 0.837. The molecule has 0 bridgehead atoms. The Morgan fingerprint density at radius 3 is 2.75 bits per heavy atom. The van der Waals surface area contributed by atoms with E-state index in [0.29, 0.717) is 12.0 Å². The largest absolute Gasteiger partial charge is 0.497 e. The van der Waals surface area contributed by atoms with Crippen molar-refractivity contribution in [3.63, 3.8) is 0 Å². The molecule has 0 saturated carbocycles. The van der Waals surface area contributed by atoms with Gasteiger partial charge in [-0.05, 0) is 23.4 Å². The van der Waals surface area contributed by atoms with Crippen molar-refractivity contribution < 1.29 is 9.53 Å². The summed E-state index contributed by atoms with van der Waals surface area (Å²) in [6, 6.07) is 4.48. The highest BCUT2D eigenvalue weighted by Gasteiger charge is 2.02. The first-order valence-corrected chi connectivity index (χ1v) is 3.28. The number of nitroso groups, excluding NO2 is 1. The Balaban J connectivity index is 3.18. The number of nitrogens with zero attached hydrogens (tertiary/aromatic N) is 1. The molecule has 4 heteroatoms. The van der Waals surface area contributed by atoms with Crippen LogP contribution in [-0.2, 0) is 0 Å². The molecule has 0 heterocycles. The van der Waals surface area contributed by atoms with Crippen molar-refractivity contribution >= 4 is 12.0 Å². The van der Waals surface area contributed by atoms with Crippen LogP contribution < -0.4 is 4.74 Å². The van der Waals surface area contributed by atoms with E-state index in [-0.39, 0.29) is 11.3 Å². The second-order valence-electron chi connectivity index (χ2n) is 2.13. The SMILES string of the molecule is COc1ccc(N=O)c(C=O)c1. The van der Waals surface area contributed by atoms with E-state index in [1.54, 1.807) is 6.07 Å². The molecule has 1 aromatic carbocycles. The Bertz CT molecular complexity index is 309. The van der Waals surface area contributed by atoms with Crippen LogP contribution in [0.2, 0.25) is 0 Å². The molecular formula is C8H7NO3. The van der Waals surface area contributed by atoms with Gasteiger partial charge in [-0.15, -0.1) is 4.91 Å². The molecule has 0 fully saturated rings. The molecule has 0 aliphatic carbocycles. The Hall–Kier alpha value is -1.71. The van der Waals surface area contributed by atoms with Gasteiger partial charge in [-0.1, -0.05) is 0 Å². The summed E-state index contributed by atoms with van der Waals surface area (Å²) in [5, 5.41) is 2.68. The molecule has 12 heavy (non-hydrogen) atoms. The van der Waals surface area contributed by atoms with Crippen LogP contribution in [0.15, 0.2) is 23.4 Å². The van der Waals surface area contributed by atoms with Crippen LogP contribution in [0, 0.1) is 4.91 Å². The average molecular weight is 165 g/mol. The van der Waals surface area contributed by atoms with Crippen molar-refractivity contribution in [3.05, 3.63) is 28.7 Å². The van der Waals surface area contributed by atoms with Crippen LogP contribution in [0.4, 0.5) is 5.69 Å². The Morgan fingerprint density at radius 1 is 1.50 bits per heavy atom. The van der Waals surface area contributed by atoms with Gasteiger partial charge in [0.05, 0.1) is 7.11 Å². The van der Waals surface area contributed by atoms with Gasteiger partial charge < -0.3 is 4.74 Å². The minimum Gasteiger partial charge on any atom is -0.497 e. The van der Waals surface area contributed by atoms with Gasteiger partial charge in [-0.2, -0.15) is 0 Å². The van der Waals surface area contributed by atoms with Gasteiger partial charge in [0.25, 0.3) is 0 Å². The third kappa shape index (κ3) is 1.47. The first-order chi connectivity index (χ1) is 5.81. The molecule has 1 rings (SSSR count). The fourth-order valence-corrected chi connectivity index (χ4v) is 0.837. The molecule has 62 valence electrons. The Kier molecular flexibility index (Phi) is 2.53. The number of methoxy groups -OCH3 is 1. The molecule has 1 aromatic rings. The highest BCUT2D eigenvalue weighted by atomic mass is 16.5. The zero-order chi connectivity index (χ0) is 8.97. The van der Waals surface area contributed by atoms with Crippen LogP contribution in [0.5, 0.6) is 5.75 Å². The molecule has 0 spiro atoms. The molecule has 0 atom stereocenters. The van der Waals surface area contributed by atoms with Crippen LogP contribution in [-0.4, -0.2) is 13.4 Å². The monoisotopic (exact) mass is 165 g/mol. The smallest absolute Gasteiger partial charge is 0.152 e. The molecule has 4 nitrogen and oxygen atoms in total. The quantitative estimate of drug-likeness (QED) is 0.507. The Labute approximate surface area is 69.1 Å². The number of rotatable bonds is 3. The second kappa shape index (κ2) is 3.61.